The molecule has 0 amide bonds. The van der Waals surface area contributed by atoms with Crippen molar-refractivity contribution in [2.75, 3.05) is 6.61 Å². The van der Waals surface area contributed by atoms with Gasteiger partial charge in [-0.15, -0.1) is 0 Å². The third-order valence-corrected chi connectivity index (χ3v) is 2.94. The van der Waals surface area contributed by atoms with Gasteiger partial charge in [-0.1, -0.05) is 11.6 Å². The van der Waals surface area contributed by atoms with Crippen molar-refractivity contribution in [2.24, 2.45) is 0 Å². The molecule has 1 aromatic heterocycles. The van der Waals surface area contributed by atoms with E-state index in [1.807, 2.05) is 12.1 Å². The molecule has 2 rings (SSSR count). The van der Waals surface area contributed by atoms with Crippen molar-refractivity contribution >= 4 is 17.6 Å². The van der Waals surface area contributed by atoms with E-state index < -0.39 is 0 Å². The average Bonchev–Trinajstić information content (AvgIpc) is 2.73. The van der Waals surface area contributed by atoms with Crippen molar-refractivity contribution < 1.29 is 9.53 Å². The monoisotopic (exact) mass is 252 g/mol. The standard InChI is InChI=1S/C12H13ClN2O2/c1-2-17-12(16)9-7-10(15-11(9)13)8-3-5-14-6-4-8/h3-6,10,15H,2,7H2,1H3. The molecule has 0 aromatic carbocycles. The number of rotatable bonds is 3. The Morgan fingerprint density at radius 3 is 2.94 bits per heavy atom. The van der Waals surface area contributed by atoms with Crippen molar-refractivity contribution in [3.8, 4) is 0 Å². The van der Waals surface area contributed by atoms with Crippen molar-refractivity contribution in [2.45, 2.75) is 19.4 Å². The number of hydrogen-bond acceptors (Lipinski definition) is 4. The highest BCUT2D eigenvalue weighted by Crippen LogP contribution is 2.31. The van der Waals surface area contributed by atoms with Gasteiger partial charge in [-0.25, -0.2) is 4.79 Å². The molecule has 5 heteroatoms. The molecular weight excluding hydrogens is 240 g/mol. The zero-order valence-corrected chi connectivity index (χ0v) is 10.2. The van der Waals surface area contributed by atoms with Gasteiger partial charge in [0, 0.05) is 18.8 Å². The van der Waals surface area contributed by atoms with Crippen LogP contribution >= 0.6 is 11.6 Å². The van der Waals surface area contributed by atoms with E-state index in [0.717, 1.165) is 5.56 Å². The molecule has 0 saturated heterocycles. The minimum atomic E-state index is -0.346. The summed E-state index contributed by atoms with van der Waals surface area (Å²) in [6, 6.07) is 3.82. The van der Waals surface area contributed by atoms with Gasteiger partial charge in [0.05, 0.1) is 18.2 Å². The molecule has 0 spiro atoms. The van der Waals surface area contributed by atoms with Crippen molar-refractivity contribution in [3.05, 3.63) is 40.8 Å². The normalized spacial score (nSPS) is 19.1. The maximum atomic E-state index is 11.6. The number of halogens is 1. The van der Waals surface area contributed by atoms with Crippen LogP contribution in [-0.2, 0) is 9.53 Å². The highest BCUT2D eigenvalue weighted by molar-refractivity contribution is 6.31. The number of nitrogens with one attached hydrogen (secondary N) is 1. The van der Waals surface area contributed by atoms with Gasteiger partial charge in [0.15, 0.2) is 0 Å². The Labute approximate surface area is 105 Å². The van der Waals surface area contributed by atoms with Crippen LogP contribution in [-0.4, -0.2) is 17.6 Å². The highest BCUT2D eigenvalue weighted by Gasteiger charge is 2.28. The van der Waals surface area contributed by atoms with E-state index in [0.29, 0.717) is 23.8 Å². The second-order valence-electron chi connectivity index (χ2n) is 3.69. The SMILES string of the molecule is CCOC(=O)C1=C(Cl)NC(c2ccncc2)C1. The summed E-state index contributed by atoms with van der Waals surface area (Å²) >= 11 is 6.01. The van der Waals surface area contributed by atoms with Crippen LogP contribution in [0, 0.1) is 0 Å². The van der Waals surface area contributed by atoms with E-state index in [1.165, 1.54) is 0 Å². The molecule has 0 aliphatic carbocycles. The van der Waals surface area contributed by atoms with E-state index in [2.05, 4.69) is 10.3 Å². The molecule has 2 heterocycles. The van der Waals surface area contributed by atoms with Crippen LogP contribution in [0.25, 0.3) is 0 Å². The number of aromatic nitrogens is 1. The minimum Gasteiger partial charge on any atom is -0.463 e. The van der Waals surface area contributed by atoms with Crippen molar-refractivity contribution in [1.82, 2.24) is 10.3 Å². The molecule has 0 bridgehead atoms. The molecule has 1 aromatic rings. The first kappa shape index (κ1) is 11.9. The van der Waals surface area contributed by atoms with Gasteiger partial charge >= 0.3 is 5.97 Å². The fourth-order valence-corrected chi connectivity index (χ4v) is 2.06. The first-order valence-electron chi connectivity index (χ1n) is 5.44. The summed E-state index contributed by atoms with van der Waals surface area (Å²) in [6.07, 6.45) is 3.97. The van der Waals surface area contributed by atoms with Crippen LogP contribution in [0.2, 0.25) is 0 Å². The summed E-state index contributed by atoms with van der Waals surface area (Å²) in [7, 11) is 0. The van der Waals surface area contributed by atoms with Gasteiger partial charge in [0.2, 0.25) is 0 Å². The summed E-state index contributed by atoms with van der Waals surface area (Å²) in [5.74, 6) is -0.346. The Hall–Kier alpha value is -1.55. The molecule has 1 N–H and O–H groups in total. The molecule has 90 valence electrons. The quantitative estimate of drug-likeness (QED) is 0.661. The van der Waals surface area contributed by atoms with E-state index in [1.54, 1.807) is 19.3 Å². The molecule has 1 atom stereocenters. The number of pyridine rings is 1. The molecule has 0 saturated carbocycles. The topological polar surface area (TPSA) is 51.2 Å². The first-order valence-corrected chi connectivity index (χ1v) is 5.82. The zero-order valence-electron chi connectivity index (χ0n) is 9.44. The molecule has 1 aliphatic rings. The maximum Gasteiger partial charge on any atom is 0.337 e. The Bertz CT molecular complexity index is 445. The predicted molar refractivity (Wildman–Crippen MR) is 64.2 cm³/mol. The van der Waals surface area contributed by atoms with Gasteiger partial charge in [0.25, 0.3) is 0 Å². The van der Waals surface area contributed by atoms with Crippen LogP contribution in [0.5, 0.6) is 0 Å². The second-order valence-corrected chi connectivity index (χ2v) is 4.07. The number of carbonyl (C=O) groups excluding carboxylic acids is 1. The maximum absolute atomic E-state index is 11.6. The van der Waals surface area contributed by atoms with Crippen LogP contribution < -0.4 is 5.32 Å². The number of hydrogen-bond donors (Lipinski definition) is 1. The van der Waals surface area contributed by atoms with Crippen LogP contribution in [0.1, 0.15) is 24.9 Å². The average molecular weight is 253 g/mol. The third-order valence-electron chi connectivity index (χ3n) is 2.60. The van der Waals surface area contributed by atoms with Gasteiger partial charge in [-0.3, -0.25) is 4.98 Å². The Morgan fingerprint density at radius 1 is 1.59 bits per heavy atom. The van der Waals surface area contributed by atoms with Crippen LogP contribution in [0.3, 0.4) is 0 Å². The van der Waals surface area contributed by atoms with Gasteiger partial charge in [0.1, 0.15) is 5.16 Å². The second kappa shape index (κ2) is 5.19. The smallest absolute Gasteiger partial charge is 0.337 e. The predicted octanol–water partition coefficient (Wildman–Crippen LogP) is 2.13. The van der Waals surface area contributed by atoms with Crippen molar-refractivity contribution in [3.63, 3.8) is 0 Å². The zero-order chi connectivity index (χ0) is 12.3. The van der Waals surface area contributed by atoms with Gasteiger partial charge in [-0.05, 0) is 24.6 Å². The Kier molecular flexibility index (Phi) is 3.64. The molecule has 4 nitrogen and oxygen atoms in total. The van der Waals surface area contributed by atoms with E-state index in [-0.39, 0.29) is 12.0 Å². The summed E-state index contributed by atoms with van der Waals surface area (Å²) in [6.45, 7) is 2.13. The molecule has 1 aliphatic heterocycles. The minimum absolute atomic E-state index is 0.0184. The van der Waals surface area contributed by atoms with Crippen LogP contribution in [0.15, 0.2) is 35.3 Å². The first-order chi connectivity index (χ1) is 8.22. The molecule has 0 radical (unpaired) electrons. The van der Waals surface area contributed by atoms with E-state index in [4.69, 9.17) is 16.3 Å². The Morgan fingerprint density at radius 2 is 2.29 bits per heavy atom. The van der Waals surface area contributed by atoms with Crippen molar-refractivity contribution in [1.29, 1.82) is 0 Å². The fourth-order valence-electron chi connectivity index (χ4n) is 1.77. The third kappa shape index (κ3) is 2.58. The summed E-state index contributed by atoms with van der Waals surface area (Å²) in [4.78, 5) is 15.6. The summed E-state index contributed by atoms with van der Waals surface area (Å²) < 4.78 is 4.95. The number of nitrogens with zero attached hydrogens (tertiary/aromatic N) is 1. The van der Waals surface area contributed by atoms with Gasteiger partial charge in [-0.2, -0.15) is 0 Å². The molecule has 17 heavy (non-hydrogen) atoms. The fraction of sp³-hybridized carbons (Fsp3) is 0.333. The lowest BCUT2D eigenvalue weighted by molar-refractivity contribution is -0.138. The Balaban J connectivity index is 2.09. The molecular formula is C12H13ClN2O2. The largest absolute Gasteiger partial charge is 0.463 e. The lowest BCUT2D eigenvalue weighted by Gasteiger charge is -2.11. The van der Waals surface area contributed by atoms with E-state index >= 15 is 0 Å². The lowest BCUT2D eigenvalue weighted by atomic mass is 10.0. The number of esters is 1. The van der Waals surface area contributed by atoms with Crippen LogP contribution in [0.4, 0.5) is 0 Å². The number of ether oxygens (including phenoxy) is 1. The molecule has 1 unspecified atom stereocenters. The summed E-state index contributed by atoms with van der Waals surface area (Å²) in [5, 5.41) is 3.46. The summed E-state index contributed by atoms with van der Waals surface area (Å²) in [5.41, 5.74) is 1.56. The number of carbonyl (C=O) groups is 1. The molecule has 0 fully saturated rings. The van der Waals surface area contributed by atoms with Gasteiger partial charge < -0.3 is 10.1 Å². The lowest BCUT2D eigenvalue weighted by Crippen LogP contribution is -2.11. The van der Waals surface area contributed by atoms with E-state index in [9.17, 15) is 4.79 Å². The highest BCUT2D eigenvalue weighted by atomic mass is 35.5.